The van der Waals surface area contributed by atoms with E-state index in [1.165, 1.54) is 22.5 Å². The molecule has 0 aliphatic heterocycles. The predicted octanol–water partition coefficient (Wildman–Crippen LogP) is 3.36. The molecule has 0 bridgehead atoms. The van der Waals surface area contributed by atoms with Crippen LogP contribution in [0.1, 0.15) is 45.4 Å². The quantitative estimate of drug-likeness (QED) is 0.506. The van der Waals surface area contributed by atoms with Crippen LogP contribution in [0.4, 0.5) is 0 Å². The van der Waals surface area contributed by atoms with Crippen molar-refractivity contribution in [3.63, 3.8) is 0 Å². The first-order valence-electron chi connectivity index (χ1n) is 6.83. The molecule has 0 atom stereocenters. The van der Waals surface area contributed by atoms with Crippen molar-refractivity contribution < 1.29 is 9.53 Å². The summed E-state index contributed by atoms with van der Waals surface area (Å²) in [5.41, 5.74) is 4.58. The van der Waals surface area contributed by atoms with Gasteiger partial charge in [-0.3, -0.25) is 10.2 Å². The lowest BCUT2D eigenvalue weighted by atomic mass is 10.0. The highest BCUT2D eigenvalue weighted by molar-refractivity contribution is 7.14. The van der Waals surface area contributed by atoms with Crippen molar-refractivity contribution >= 4 is 17.2 Å². The minimum atomic E-state index is -0.274. The van der Waals surface area contributed by atoms with Crippen LogP contribution in [-0.4, -0.2) is 5.91 Å². The summed E-state index contributed by atoms with van der Waals surface area (Å²) in [6.45, 7) is 6.84. The zero-order chi connectivity index (χ0) is 15.4. The number of rotatable bonds is 5. The first-order chi connectivity index (χ1) is 9.99. The summed E-state index contributed by atoms with van der Waals surface area (Å²) in [6.07, 6.45) is 0. The van der Waals surface area contributed by atoms with E-state index >= 15 is 0 Å². The molecule has 1 heterocycles. The number of nitrogen functional groups attached to an aromatic ring is 1. The van der Waals surface area contributed by atoms with Gasteiger partial charge in [-0.15, -0.1) is 11.3 Å². The van der Waals surface area contributed by atoms with Crippen LogP contribution in [0.2, 0.25) is 0 Å². The summed E-state index contributed by atoms with van der Waals surface area (Å²) in [5, 5.41) is 0. The number of ether oxygens (including phenoxy) is 1. The summed E-state index contributed by atoms with van der Waals surface area (Å²) < 4.78 is 5.84. The Labute approximate surface area is 128 Å². The van der Waals surface area contributed by atoms with E-state index in [0.29, 0.717) is 17.4 Å². The van der Waals surface area contributed by atoms with Gasteiger partial charge in [0.15, 0.2) is 0 Å². The number of thiophene rings is 1. The van der Waals surface area contributed by atoms with Gasteiger partial charge in [0.05, 0.1) is 4.88 Å². The van der Waals surface area contributed by atoms with Crippen LogP contribution in [-0.2, 0) is 6.61 Å². The monoisotopic (exact) mass is 304 g/mol. The minimum absolute atomic E-state index is 0.274. The molecule has 2 rings (SSSR count). The van der Waals surface area contributed by atoms with Crippen LogP contribution in [0, 0.1) is 6.92 Å². The van der Waals surface area contributed by atoms with Crippen LogP contribution < -0.4 is 16.0 Å². The average Bonchev–Trinajstić information content (AvgIpc) is 2.92. The van der Waals surface area contributed by atoms with Crippen molar-refractivity contribution in [2.24, 2.45) is 5.84 Å². The van der Waals surface area contributed by atoms with Gasteiger partial charge in [-0.05, 0) is 48.2 Å². The number of benzene rings is 1. The Kier molecular flexibility index (Phi) is 4.98. The van der Waals surface area contributed by atoms with Gasteiger partial charge in [-0.1, -0.05) is 19.9 Å². The molecule has 1 aromatic carbocycles. The summed E-state index contributed by atoms with van der Waals surface area (Å²) in [4.78, 5) is 13.0. The molecular formula is C16H20N2O2S. The maximum absolute atomic E-state index is 11.4. The Morgan fingerprint density at radius 3 is 2.76 bits per heavy atom. The second kappa shape index (κ2) is 6.74. The molecule has 0 saturated heterocycles. The van der Waals surface area contributed by atoms with Gasteiger partial charge in [0.1, 0.15) is 12.4 Å². The zero-order valence-corrected chi connectivity index (χ0v) is 13.3. The van der Waals surface area contributed by atoms with Gasteiger partial charge >= 0.3 is 0 Å². The van der Waals surface area contributed by atoms with Gasteiger partial charge < -0.3 is 4.74 Å². The number of amides is 1. The maximum atomic E-state index is 11.4. The molecule has 0 unspecified atom stereocenters. The molecule has 0 aliphatic rings. The Morgan fingerprint density at radius 1 is 1.33 bits per heavy atom. The largest absolute Gasteiger partial charge is 0.488 e. The Morgan fingerprint density at radius 2 is 2.10 bits per heavy atom. The van der Waals surface area contributed by atoms with E-state index in [1.54, 1.807) is 6.07 Å². The number of hydrogen-bond acceptors (Lipinski definition) is 4. The van der Waals surface area contributed by atoms with E-state index in [2.05, 4.69) is 38.3 Å². The Hall–Kier alpha value is -1.85. The summed E-state index contributed by atoms with van der Waals surface area (Å²) in [7, 11) is 0. The molecule has 0 radical (unpaired) electrons. The average molecular weight is 304 g/mol. The molecule has 4 nitrogen and oxygen atoms in total. The van der Waals surface area contributed by atoms with Gasteiger partial charge in [0.25, 0.3) is 5.91 Å². The lowest BCUT2D eigenvalue weighted by Gasteiger charge is -2.11. The van der Waals surface area contributed by atoms with Crippen molar-refractivity contribution in [1.29, 1.82) is 0 Å². The first kappa shape index (κ1) is 15.5. The smallest absolute Gasteiger partial charge is 0.275 e. The molecule has 1 amide bonds. The number of nitrogens with two attached hydrogens (primary N) is 1. The van der Waals surface area contributed by atoms with Gasteiger partial charge in [-0.25, -0.2) is 5.84 Å². The molecule has 0 spiro atoms. The third-order valence-corrected chi connectivity index (χ3v) is 4.20. The van der Waals surface area contributed by atoms with E-state index in [0.717, 1.165) is 10.6 Å². The van der Waals surface area contributed by atoms with E-state index < -0.39 is 0 Å². The molecular weight excluding hydrogens is 284 g/mol. The molecule has 0 aliphatic carbocycles. The van der Waals surface area contributed by atoms with Crippen LogP contribution in [0.5, 0.6) is 5.75 Å². The van der Waals surface area contributed by atoms with Crippen molar-refractivity contribution in [3.05, 3.63) is 51.2 Å². The van der Waals surface area contributed by atoms with Gasteiger partial charge in [-0.2, -0.15) is 0 Å². The minimum Gasteiger partial charge on any atom is -0.488 e. The first-order valence-corrected chi connectivity index (χ1v) is 7.65. The Bertz CT molecular complexity index is 635. The number of nitrogens with one attached hydrogen (secondary N) is 1. The predicted molar refractivity (Wildman–Crippen MR) is 85.6 cm³/mol. The number of hydrazine groups is 1. The lowest BCUT2D eigenvalue weighted by Crippen LogP contribution is -2.29. The van der Waals surface area contributed by atoms with Crippen LogP contribution in [0.3, 0.4) is 0 Å². The Balaban J connectivity index is 2.06. The van der Waals surface area contributed by atoms with Gasteiger partial charge in [0.2, 0.25) is 0 Å². The SMILES string of the molecule is Cc1cc(OCc2ccc(C(=O)NN)s2)cc(C(C)C)c1. The van der Waals surface area contributed by atoms with Crippen molar-refractivity contribution in [2.45, 2.75) is 33.3 Å². The molecule has 2 aromatic rings. The highest BCUT2D eigenvalue weighted by Gasteiger charge is 2.08. The topological polar surface area (TPSA) is 64.3 Å². The van der Waals surface area contributed by atoms with Gasteiger partial charge in [0, 0.05) is 4.88 Å². The highest BCUT2D eigenvalue weighted by Crippen LogP contribution is 2.24. The molecule has 0 saturated carbocycles. The number of carbonyl (C=O) groups is 1. The number of hydrogen-bond donors (Lipinski definition) is 2. The maximum Gasteiger partial charge on any atom is 0.275 e. The molecule has 3 N–H and O–H groups in total. The van der Waals surface area contributed by atoms with Crippen LogP contribution in [0.15, 0.2) is 30.3 Å². The summed E-state index contributed by atoms with van der Waals surface area (Å²) >= 11 is 1.38. The third-order valence-electron chi connectivity index (χ3n) is 3.14. The van der Waals surface area contributed by atoms with Crippen LogP contribution >= 0.6 is 11.3 Å². The van der Waals surface area contributed by atoms with E-state index in [9.17, 15) is 4.79 Å². The standard InChI is InChI=1S/C16H20N2O2S/c1-10(2)12-6-11(3)7-13(8-12)20-9-14-4-5-15(21-14)16(19)18-17/h4-8,10H,9,17H2,1-3H3,(H,18,19). The molecule has 5 heteroatoms. The molecule has 1 aromatic heterocycles. The summed E-state index contributed by atoms with van der Waals surface area (Å²) in [6, 6.07) is 9.90. The zero-order valence-electron chi connectivity index (χ0n) is 12.5. The van der Waals surface area contributed by atoms with Crippen molar-refractivity contribution in [1.82, 2.24) is 5.43 Å². The fourth-order valence-electron chi connectivity index (χ4n) is 2.00. The lowest BCUT2D eigenvalue weighted by molar-refractivity contribution is 0.0957. The number of carbonyl (C=O) groups excluding carboxylic acids is 1. The van der Waals surface area contributed by atoms with Crippen molar-refractivity contribution in [3.8, 4) is 5.75 Å². The fourth-order valence-corrected chi connectivity index (χ4v) is 2.82. The number of aryl methyl sites for hydroxylation is 1. The van der Waals surface area contributed by atoms with E-state index in [-0.39, 0.29) is 5.91 Å². The second-order valence-electron chi connectivity index (χ2n) is 5.26. The molecule has 0 fully saturated rings. The van der Waals surface area contributed by atoms with E-state index in [1.807, 2.05) is 12.1 Å². The molecule has 21 heavy (non-hydrogen) atoms. The second-order valence-corrected chi connectivity index (χ2v) is 6.43. The third kappa shape index (κ3) is 4.06. The van der Waals surface area contributed by atoms with Crippen molar-refractivity contribution in [2.75, 3.05) is 0 Å². The van der Waals surface area contributed by atoms with E-state index in [4.69, 9.17) is 10.6 Å². The fraction of sp³-hybridized carbons (Fsp3) is 0.312. The molecule has 112 valence electrons. The normalized spacial score (nSPS) is 10.7. The summed E-state index contributed by atoms with van der Waals surface area (Å²) in [5.74, 6) is 6.17. The highest BCUT2D eigenvalue weighted by atomic mass is 32.1. The van der Waals surface area contributed by atoms with Crippen LogP contribution in [0.25, 0.3) is 0 Å².